The standard InChI is InChI=1S/C32H56B3N9O8/c1-32(2,3)24(45)12-6-4-8-14-36-26(47)18-43(20-28(49)39-17-11-7-13-25(46)40-33)19-27(48)37-15-9-5-10-16-38-29(50)21-44(22-30(51)41-34)23-31(52)42-35/h4-23H2,1-3H3,(H,36,47)(H,37,48)(H,38,50)(H,39,49)(H,40,46)(H,41,51)(H,42,52). The molecule has 0 bridgehead atoms. The third kappa shape index (κ3) is 26.8. The first kappa shape index (κ1) is 48.1. The topological polar surface area (TPSA) is 227 Å². The van der Waals surface area contributed by atoms with Crippen LogP contribution in [-0.4, -0.2) is 146 Å². The molecule has 0 spiro atoms. The van der Waals surface area contributed by atoms with Gasteiger partial charge in [-0.25, -0.2) is 0 Å². The lowest BCUT2D eigenvalue weighted by atomic mass is 9.88. The smallest absolute Gasteiger partial charge is 0.234 e. The van der Waals surface area contributed by atoms with Crippen LogP contribution in [0.4, 0.5) is 0 Å². The van der Waals surface area contributed by atoms with Crippen molar-refractivity contribution in [3.8, 4) is 0 Å². The molecule has 7 N–H and O–H groups in total. The molecule has 0 aromatic carbocycles. The summed E-state index contributed by atoms with van der Waals surface area (Å²) in [5.74, 6) is -2.74. The molecule has 0 rings (SSSR count). The quantitative estimate of drug-likeness (QED) is 0.0309. The molecule has 0 aromatic rings. The Morgan fingerprint density at radius 3 is 1.02 bits per heavy atom. The van der Waals surface area contributed by atoms with E-state index in [0.29, 0.717) is 71.1 Å². The van der Waals surface area contributed by atoms with E-state index in [9.17, 15) is 38.4 Å². The van der Waals surface area contributed by atoms with Gasteiger partial charge in [0.15, 0.2) is 0 Å². The van der Waals surface area contributed by atoms with Crippen molar-refractivity contribution in [3.05, 3.63) is 0 Å². The van der Waals surface area contributed by atoms with Crippen LogP contribution < -0.4 is 37.0 Å². The highest BCUT2D eigenvalue weighted by Gasteiger charge is 2.21. The second-order valence-electron chi connectivity index (χ2n) is 13.4. The third-order valence-corrected chi connectivity index (χ3v) is 7.58. The third-order valence-electron chi connectivity index (χ3n) is 7.58. The van der Waals surface area contributed by atoms with Gasteiger partial charge < -0.3 is 37.0 Å². The van der Waals surface area contributed by atoms with Crippen LogP contribution in [0, 0.1) is 5.41 Å². The zero-order valence-corrected chi connectivity index (χ0v) is 31.0. The molecule has 17 nitrogen and oxygen atoms in total. The number of Topliss-reactive ketones (excluding diaryl/α,β-unsaturated/α-hetero) is 1. The molecule has 0 aliphatic heterocycles. The Morgan fingerprint density at radius 1 is 0.404 bits per heavy atom. The molecule has 6 radical (unpaired) electrons. The van der Waals surface area contributed by atoms with Crippen molar-refractivity contribution >= 4 is 71.1 Å². The number of amides is 7. The molecular formula is C32H56B3N9O8. The van der Waals surface area contributed by atoms with Gasteiger partial charge >= 0.3 is 0 Å². The average Bonchev–Trinajstić information content (AvgIpc) is 3.08. The van der Waals surface area contributed by atoms with Gasteiger partial charge in [-0.2, -0.15) is 0 Å². The fourth-order valence-electron chi connectivity index (χ4n) is 4.65. The number of carbonyl (C=O) groups excluding carboxylic acids is 8. The summed E-state index contributed by atoms with van der Waals surface area (Å²) in [6.45, 7) is 5.72. The SMILES string of the molecule is [B]NC(=O)CCCCNC(=O)CN(CC(=O)NCCCCCNC(=O)CN(CC(=O)N[B])CC(=O)N[B])CC(=O)NCCCCCC(=O)C(C)(C)C. The number of unbranched alkanes of at least 4 members (excludes halogenated alkanes) is 5. The van der Waals surface area contributed by atoms with Gasteiger partial charge in [-0.1, -0.05) is 27.2 Å². The summed E-state index contributed by atoms with van der Waals surface area (Å²) in [7, 11) is 15.2. The van der Waals surface area contributed by atoms with Crippen LogP contribution in [-0.2, 0) is 38.4 Å². The summed E-state index contributed by atoms with van der Waals surface area (Å²) >= 11 is 0. The highest BCUT2D eigenvalue weighted by molar-refractivity contribution is 6.15. The molecule has 0 aliphatic carbocycles. The van der Waals surface area contributed by atoms with Crippen molar-refractivity contribution in [2.24, 2.45) is 5.41 Å². The largest absolute Gasteiger partial charge is 0.409 e. The second kappa shape index (κ2) is 28.6. The van der Waals surface area contributed by atoms with Gasteiger partial charge in [0.2, 0.25) is 65.3 Å². The van der Waals surface area contributed by atoms with Crippen LogP contribution in [0.3, 0.4) is 0 Å². The molecule has 52 heavy (non-hydrogen) atoms. The zero-order valence-electron chi connectivity index (χ0n) is 31.0. The molecule has 0 aromatic heterocycles. The van der Waals surface area contributed by atoms with Crippen LogP contribution in [0.2, 0.25) is 0 Å². The fourth-order valence-corrected chi connectivity index (χ4v) is 4.65. The van der Waals surface area contributed by atoms with Crippen molar-refractivity contribution in [2.45, 2.75) is 85.0 Å². The number of hydrogen-bond donors (Lipinski definition) is 7. The van der Waals surface area contributed by atoms with Crippen LogP contribution >= 0.6 is 0 Å². The average molecular weight is 727 g/mol. The van der Waals surface area contributed by atoms with E-state index in [4.69, 9.17) is 23.9 Å². The zero-order chi connectivity index (χ0) is 39.4. The van der Waals surface area contributed by atoms with Gasteiger partial charge in [0.05, 0.1) is 39.3 Å². The van der Waals surface area contributed by atoms with E-state index in [1.807, 2.05) is 36.5 Å². The number of hydrogen-bond acceptors (Lipinski definition) is 10. The Balaban J connectivity index is 4.70. The Hall–Kier alpha value is -3.93. The normalized spacial score (nSPS) is 11.0. The summed E-state index contributed by atoms with van der Waals surface area (Å²) < 4.78 is 0. The lowest BCUT2D eigenvalue weighted by Crippen LogP contribution is -2.47. The molecule has 0 heterocycles. The molecular weight excluding hydrogens is 671 g/mol. The fraction of sp³-hybridized carbons (Fsp3) is 0.750. The van der Waals surface area contributed by atoms with E-state index in [-0.39, 0.29) is 80.5 Å². The van der Waals surface area contributed by atoms with Crippen molar-refractivity contribution < 1.29 is 38.4 Å². The number of nitrogens with zero attached hydrogens (tertiary/aromatic N) is 2. The highest BCUT2D eigenvalue weighted by atomic mass is 16.2. The Labute approximate surface area is 311 Å². The minimum absolute atomic E-state index is 0.176. The van der Waals surface area contributed by atoms with Crippen molar-refractivity contribution in [2.75, 3.05) is 65.4 Å². The molecule has 0 saturated carbocycles. The summed E-state index contributed by atoms with van der Waals surface area (Å²) in [6.07, 6.45) is 5.86. The Morgan fingerprint density at radius 2 is 0.692 bits per heavy atom. The molecule has 0 aliphatic rings. The lowest BCUT2D eigenvalue weighted by molar-refractivity contribution is -0.129. The van der Waals surface area contributed by atoms with Crippen LogP contribution in [0.15, 0.2) is 0 Å². The second-order valence-corrected chi connectivity index (χ2v) is 13.4. The molecule has 20 heteroatoms. The first-order valence-electron chi connectivity index (χ1n) is 17.6. The molecule has 286 valence electrons. The minimum atomic E-state index is -0.579. The van der Waals surface area contributed by atoms with Crippen molar-refractivity contribution in [3.63, 3.8) is 0 Å². The van der Waals surface area contributed by atoms with Gasteiger partial charge in [0.1, 0.15) is 5.78 Å². The van der Waals surface area contributed by atoms with Crippen molar-refractivity contribution in [1.82, 2.24) is 46.8 Å². The van der Waals surface area contributed by atoms with E-state index in [1.165, 1.54) is 9.80 Å². The van der Waals surface area contributed by atoms with Gasteiger partial charge in [-0.15, -0.1) is 0 Å². The van der Waals surface area contributed by atoms with Gasteiger partial charge in [-0.3, -0.25) is 48.2 Å². The van der Waals surface area contributed by atoms with Gasteiger partial charge in [-0.05, 0) is 44.9 Å². The van der Waals surface area contributed by atoms with E-state index < -0.39 is 17.7 Å². The molecule has 0 unspecified atom stereocenters. The molecule has 7 amide bonds. The van der Waals surface area contributed by atoms with Crippen LogP contribution in [0.25, 0.3) is 0 Å². The summed E-state index contributed by atoms with van der Waals surface area (Å²) in [4.78, 5) is 99.4. The maximum Gasteiger partial charge on any atom is 0.234 e. The first-order chi connectivity index (χ1) is 24.6. The van der Waals surface area contributed by atoms with E-state index in [0.717, 1.165) is 12.8 Å². The summed E-state index contributed by atoms with van der Waals surface area (Å²) in [5.41, 5.74) is -0.373. The lowest BCUT2D eigenvalue weighted by Gasteiger charge is -2.21. The predicted molar refractivity (Wildman–Crippen MR) is 197 cm³/mol. The number of carbonyl (C=O) groups is 8. The highest BCUT2D eigenvalue weighted by Crippen LogP contribution is 2.18. The summed E-state index contributed by atoms with van der Waals surface area (Å²) in [6, 6.07) is 0. The minimum Gasteiger partial charge on any atom is -0.409 e. The van der Waals surface area contributed by atoms with Gasteiger partial charge in [0, 0.05) is 44.4 Å². The predicted octanol–water partition coefficient (Wildman–Crippen LogP) is -2.83. The summed E-state index contributed by atoms with van der Waals surface area (Å²) in [5, 5.41) is 17.0. The monoisotopic (exact) mass is 727 g/mol. The first-order valence-corrected chi connectivity index (χ1v) is 17.6. The number of nitrogens with one attached hydrogen (secondary N) is 7. The maximum atomic E-state index is 12.7. The Kier molecular flexibility index (Phi) is 26.5. The molecule has 0 atom stereocenters. The maximum absolute atomic E-state index is 12.7. The van der Waals surface area contributed by atoms with Gasteiger partial charge in [0.25, 0.3) is 0 Å². The van der Waals surface area contributed by atoms with E-state index in [1.54, 1.807) is 0 Å². The van der Waals surface area contributed by atoms with E-state index >= 15 is 0 Å². The Bertz CT molecular complexity index is 1140. The number of ketones is 1. The molecule has 0 fully saturated rings. The number of rotatable bonds is 29. The van der Waals surface area contributed by atoms with E-state index in [2.05, 4.69) is 21.3 Å². The van der Waals surface area contributed by atoms with Crippen molar-refractivity contribution in [1.29, 1.82) is 0 Å². The molecule has 0 saturated heterocycles. The van der Waals surface area contributed by atoms with Crippen LogP contribution in [0.1, 0.15) is 85.0 Å². The van der Waals surface area contributed by atoms with Crippen LogP contribution in [0.5, 0.6) is 0 Å².